The Labute approximate surface area is 170 Å². The third kappa shape index (κ3) is 3.77. The standard InChI is InChI=1S/C18H17F5N2O3.C2H6/c19-17(20)7-16(17)8-25(6-14(27)24-10-4-11(26)5-10)15(28)12-2-1-9(3-13(12)16)18(21,22)23;1-2/h1-3,10-11,26H,4-8H2,(H,24,27);1-2H3. The summed E-state index contributed by atoms with van der Waals surface area (Å²) in [5, 5.41) is 11.8. The van der Waals surface area contributed by atoms with E-state index in [1.807, 2.05) is 13.8 Å². The van der Waals surface area contributed by atoms with Gasteiger partial charge in [-0.3, -0.25) is 9.59 Å². The molecule has 4 rings (SSSR count). The van der Waals surface area contributed by atoms with Gasteiger partial charge in [-0.1, -0.05) is 13.8 Å². The molecule has 0 radical (unpaired) electrons. The molecule has 2 amide bonds. The van der Waals surface area contributed by atoms with Crippen molar-refractivity contribution in [1.82, 2.24) is 10.2 Å². The Balaban J connectivity index is 0.00000124. The minimum atomic E-state index is -4.71. The maximum atomic E-state index is 14.2. The lowest BCUT2D eigenvalue weighted by molar-refractivity contribution is -0.137. The van der Waals surface area contributed by atoms with Gasteiger partial charge in [0.2, 0.25) is 5.91 Å². The molecule has 30 heavy (non-hydrogen) atoms. The molecule has 10 heteroatoms. The largest absolute Gasteiger partial charge is 0.416 e. The van der Waals surface area contributed by atoms with Gasteiger partial charge in [-0.2, -0.15) is 13.2 Å². The van der Waals surface area contributed by atoms with Crippen molar-refractivity contribution >= 4 is 11.8 Å². The Hall–Kier alpha value is -2.23. The SMILES string of the molecule is CC.O=C(CN1CC2(CC2(F)F)c2cc(C(F)(F)F)ccc2C1=O)NC1CC(O)C1. The fourth-order valence-electron chi connectivity index (χ4n) is 4.03. The van der Waals surface area contributed by atoms with E-state index in [2.05, 4.69) is 5.32 Å². The van der Waals surface area contributed by atoms with Crippen LogP contribution in [0.1, 0.15) is 54.6 Å². The molecule has 0 aromatic heterocycles. The number of hydrogen-bond donors (Lipinski definition) is 2. The van der Waals surface area contributed by atoms with Gasteiger partial charge in [0.25, 0.3) is 11.8 Å². The van der Waals surface area contributed by atoms with Gasteiger partial charge < -0.3 is 15.3 Å². The summed E-state index contributed by atoms with van der Waals surface area (Å²) in [7, 11) is 0. The minimum Gasteiger partial charge on any atom is -0.393 e. The zero-order valence-electron chi connectivity index (χ0n) is 16.5. The van der Waals surface area contributed by atoms with Gasteiger partial charge in [0.1, 0.15) is 0 Å². The van der Waals surface area contributed by atoms with Crippen molar-refractivity contribution in [2.75, 3.05) is 13.1 Å². The Bertz CT molecular complexity index is 851. The predicted octanol–water partition coefficient (Wildman–Crippen LogP) is 3.10. The highest BCUT2D eigenvalue weighted by Gasteiger charge is 2.74. The van der Waals surface area contributed by atoms with E-state index in [4.69, 9.17) is 0 Å². The first kappa shape index (κ1) is 22.5. The lowest BCUT2D eigenvalue weighted by Crippen LogP contribution is -2.53. The van der Waals surface area contributed by atoms with Crippen LogP contribution in [0.25, 0.3) is 0 Å². The number of aliphatic hydroxyl groups excluding tert-OH is 1. The highest BCUT2D eigenvalue weighted by Crippen LogP contribution is 2.64. The summed E-state index contributed by atoms with van der Waals surface area (Å²) in [4.78, 5) is 25.7. The number of hydrogen-bond acceptors (Lipinski definition) is 3. The third-order valence-corrected chi connectivity index (χ3v) is 5.75. The van der Waals surface area contributed by atoms with Gasteiger partial charge in [-0.05, 0) is 36.6 Å². The number of carbonyl (C=O) groups is 2. The number of carbonyl (C=O) groups excluding carboxylic acids is 2. The topological polar surface area (TPSA) is 69.6 Å². The van der Waals surface area contributed by atoms with Crippen molar-refractivity contribution < 1.29 is 36.6 Å². The molecule has 1 aliphatic heterocycles. The fraction of sp³-hybridized carbons (Fsp3) is 0.600. The summed E-state index contributed by atoms with van der Waals surface area (Å²) in [5.74, 6) is -4.56. The van der Waals surface area contributed by atoms with E-state index < -0.39 is 60.5 Å². The third-order valence-electron chi connectivity index (χ3n) is 5.75. The Morgan fingerprint density at radius 3 is 2.37 bits per heavy atom. The van der Waals surface area contributed by atoms with Gasteiger partial charge in [0.15, 0.2) is 0 Å². The van der Waals surface area contributed by atoms with Gasteiger partial charge in [0.05, 0.1) is 23.6 Å². The van der Waals surface area contributed by atoms with Crippen molar-refractivity contribution in [1.29, 1.82) is 0 Å². The number of aliphatic hydroxyl groups is 1. The number of fused-ring (bicyclic) bond motifs is 2. The highest BCUT2D eigenvalue weighted by molar-refractivity contribution is 6.00. The molecular weight excluding hydrogens is 411 g/mol. The number of alkyl halides is 5. The minimum absolute atomic E-state index is 0.233. The Kier molecular flexibility index (Phi) is 5.59. The van der Waals surface area contributed by atoms with Crippen LogP contribution in [0, 0.1) is 0 Å². The van der Waals surface area contributed by atoms with E-state index in [-0.39, 0.29) is 17.2 Å². The second kappa shape index (κ2) is 7.47. The molecule has 2 aliphatic carbocycles. The number of nitrogens with zero attached hydrogens (tertiary/aromatic N) is 1. The van der Waals surface area contributed by atoms with E-state index in [0.29, 0.717) is 25.0 Å². The maximum Gasteiger partial charge on any atom is 0.416 e. The average molecular weight is 434 g/mol. The van der Waals surface area contributed by atoms with Crippen LogP contribution in [-0.2, 0) is 16.4 Å². The van der Waals surface area contributed by atoms with E-state index in [1.165, 1.54) is 0 Å². The van der Waals surface area contributed by atoms with Crippen LogP contribution < -0.4 is 5.32 Å². The number of halogens is 5. The molecule has 166 valence electrons. The monoisotopic (exact) mass is 434 g/mol. The van der Waals surface area contributed by atoms with Crippen LogP contribution >= 0.6 is 0 Å². The summed E-state index contributed by atoms with van der Waals surface area (Å²) in [6, 6.07) is 1.98. The van der Waals surface area contributed by atoms with Gasteiger partial charge >= 0.3 is 6.18 Å². The highest BCUT2D eigenvalue weighted by atomic mass is 19.4. The number of benzene rings is 1. The second-order valence-corrected chi connectivity index (χ2v) is 7.77. The van der Waals surface area contributed by atoms with Crippen molar-refractivity contribution in [2.24, 2.45) is 0 Å². The summed E-state index contributed by atoms with van der Waals surface area (Å²) in [6.45, 7) is 3.01. The normalized spacial score (nSPS) is 28.8. The first-order chi connectivity index (χ1) is 13.9. The fourth-order valence-corrected chi connectivity index (χ4v) is 4.03. The van der Waals surface area contributed by atoms with Crippen molar-refractivity contribution in [3.8, 4) is 0 Å². The van der Waals surface area contributed by atoms with Crippen LogP contribution in [0.4, 0.5) is 22.0 Å². The smallest absolute Gasteiger partial charge is 0.393 e. The maximum absolute atomic E-state index is 14.2. The molecule has 1 aromatic carbocycles. The molecule has 1 atom stereocenters. The molecule has 1 spiro atoms. The zero-order chi connectivity index (χ0) is 22.5. The molecule has 2 N–H and O–H groups in total. The summed E-state index contributed by atoms with van der Waals surface area (Å²) in [6.07, 6.45) is -5.12. The molecule has 0 saturated heterocycles. The number of nitrogens with one attached hydrogen (secondary N) is 1. The number of rotatable bonds is 3. The van der Waals surface area contributed by atoms with E-state index in [9.17, 15) is 36.6 Å². The lowest BCUT2D eigenvalue weighted by Gasteiger charge is -2.36. The molecule has 5 nitrogen and oxygen atoms in total. The van der Waals surface area contributed by atoms with Crippen LogP contribution in [0.5, 0.6) is 0 Å². The van der Waals surface area contributed by atoms with E-state index in [0.717, 1.165) is 11.0 Å². The first-order valence-electron chi connectivity index (χ1n) is 9.79. The average Bonchev–Trinajstić information content (AvgIpc) is 3.19. The van der Waals surface area contributed by atoms with Gasteiger partial charge in [0, 0.05) is 24.6 Å². The molecule has 1 unspecified atom stereocenters. The van der Waals surface area contributed by atoms with Crippen molar-refractivity contribution in [3.63, 3.8) is 0 Å². The van der Waals surface area contributed by atoms with Crippen LogP contribution in [-0.4, -0.2) is 53.0 Å². The molecule has 3 aliphatic rings. The Morgan fingerprint density at radius 2 is 1.87 bits per heavy atom. The van der Waals surface area contributed by atoms with Crippen LogP contribution in [0.3, 0.4) is 0 Å². The molecule has 1 heterocycles. The summed E-state index contributed by atoms with van der Waals surface area (Å²) in [5.41, 5.74) is -3.53. The van der Waals surface area contributed by atoms with Crippen molar-refractivity contribution in [3.05, 3.63) is 34.9 Å². The van der Waals surface area contributed by atoms with Crippen LogP contribution in [0.15, 0.2) is 18.2 Å². The van der Waals surface area contributed by atoms with E-state index in [1.54, 1.807) is 0 Å². The predicted molar refractivity (Wildman–Crippen MR) is 97.1 cm³/mol. The lowest BCUT2D eigenvalue weighted by atomic mass is 9.84. The number of amides is 2. The quantitative estimate of drug-likeness (QED) is 0.719. The summed E-state index contributed by atoms with van der Waals surface area (Å²) >= 11 is 0. The van der Waals surface area contributed by atoms with Crippen molar-refractivity contribution in [2.45, 2.75) is 62.8 Å². The molecule has 0 bridgehead atoms. The molecular formula is C20H23F5N2O3. The summed E-state index contributed by atoms with van der Waals surface area (Å²) < 4.78 is 67.4. The van der Waals surface area contributed by atoms with Gasteiger partial charge in [-0.25, -0.2) is 8.78 Å². The second-order valence-electron chi connectivity index (χ2n) is 7.77. The van der Waals surface area contributed by atoms with E-state index >= 15 is 0 Å². The molecule has 2 saturated carbocycles. The molecule has 1 aromatic rings. The zero-order valence-corrected chi connectivity index (χ0v) is 16.5. The van der Waals surface area contributed by atoms with Gasteiger partial charge in [-0.15, -0.1) is 0 Å². The van der Waals surface area contributed by atoms with Crippen LogP contribution in [0.2, 0.25) is 0 Å². The Morgan fingerprint density at radius 1 is 1.27 bits per heavy atom. The first-order valence-corrected chi connectivity index (χ1v) is 9.79. The molecule has 2 fully saturated rings.